The molecule has 6 nitrogen and oxygen atoms in total. The van der Waals surface area contributed by atoms with Gasteiger partial charge in [0.05, 0.1) is 11.1 Å². The number of nitrogens with two attached hydrogens (primary N) is 1. The normalized spacial score (nSPS) is 11.6. The van der Waals surface area contributed by atoms with Crippen molar-refractivity contribution >= 4 is 34.1 Å². The number of carbonyl (C=O) groups excluding carboxylic acids is 3. The van der Waals surface area contributed by atoms with Crippen molar-refractivity contribution in [3.8, 4) is 0 Å². The maximum atomic E-state index is 12.1. The lowest BCUT2D eigenvalue weighted by atomic mass is 10.1. The Labute approximate surface area is 143 Å². The molecule has 0 saturated carbocycles. The number of amides is 2. The van der Waals surface area contributed by atoms with E-state index in [1.54, 1.807) is 17.5 Å². The van der Waals surface area contributed by atoms with E-state index >= 15 is 0 Å². The molecule has 0 spiro atoms. The maximum absolute atomic E-state index is 12.1. The van der Waals surface area contributed by atoms with Gasteiger partial charge >= 0.3 is 5.97 Å². The van der Waals surface area contributed by atoms with Crippen LogP contribution in [-0.4, -0.2) is 23.9 Å². The second kappa shape index (κ2) is 7.27. The van der Waals surface area contributed by atoms with E-state index < -0.39 is 23.9 Å². The number of hydrogen-bond donors (Lipinski definition) is 2. The Morgan fingerprint density at radius 2 is 1.88 bits per heavy atom. The minimum Gasteiger partial charge on any atom is -0.449 e. The van der Waals surface area contributed by atoms with Gasteiger partial charge in [0.2, 0.25) is 0 Å². The number of benzene rings is 1. The molecule has 0 aliphatic carbocycles. The number of esters is 1. The first-order valence-electron chi connectivity index (χ1n) is 7.26. The largest absolute Gasteiger partial charge is 0.449 e. The molecular weight excluding hydrogens is 328 g/mol. The number of carbonyl (C=O) groups is 3. The SMILES string of the molecule is Cc1ccc(C(=O)OC(C)C(=O)Nc2sccc2C(N)=O)cc1C. The van der Waals surface area contributed by atoms with Crippen LogP contribution < -0.4 is 11.1 Å². The van der Waals surface area contributed by atoms with Crippen LogP contribution in [0, 0.1) is 13.8 Å². The first-order valence-corrected chi connectivity index (χ1v) is 8.14. The Morgan fingerprint density at radius 1 is 1.17 bits per heavy atom. The van der Waals surface area contributed by atoms with Crippen LogP contribution in [0.3, 0.4) is 0 Å². The zero-order valence-corrected chi connectivity index (χ0v) is 14.4. The van der Waals surface area contributed by atoms with Crippen molar-refractivity contribution < 1.29 is 19.1 Å². The van der Waals surface area contributed by atoms with Gasteiger partial charge in [0, 0.05) is 0 Å². The van der Waals surface area contributed by atoms with Crippen molar-refractivity contribution in [1.29, 1.82) is 0 Å². The molecule has 2 rings (SSSR count). The Hall–Kier alpha value is -2.67. The number of ether oxygens (including phenoxy) is 1. The van der Waals surface area contributed by atoms with E-state index in [1.807, 2.05) is 19.9 Å². The summed E-state index contributed by atoms with van der Waals surface area (Å²) in [6, 6.07) is 6.71. The summed E-state index contributed by atoms with van der Waals surface area (Å²) in [4.78, 5) is 35.5. The Bertz CT molecular complexity index is 798. The fraction of sp³-hybridized carbons (Fsp3) is 0.235. The van der Waals surface area contributed by atoms with Crippen LogP contribution in [-0.2, 0) is 9.53 Å². The van der Waals surface area contributed by atoms with E-state index in [9.17, 15) is 14.4 Å². The highest BCUT2D eigenvalue weighted by Gasteiger charge is 2.21. The number of hydrogen-bond acceptors (Lipinski definition) is 5. The zero-order valence-electron chi connectivity index (χ0n) is 13.6. The van der Waals surface area contributed by atoms with E-state index in [0.717, 1.165) is 11.1 Å². The summed E-state index contributed by atoms with van der Waals surface area (Å²) >= 11 is 1.17. The molecule has 0 radical (unpaired) electrons. The van der Waals surface area contributed by atoms with Gasteiger partial charge in [0.25, 0.3) is 11.8 Å². The molecule has 24 heavy (non-hydrogen) atoms. The van der Waals surface area contributed by atoms with E-state index in [1.165, 1.54) is 24.3 Å². The van der Waals surface area contributed by atoms with Gasteiger partial charge in [-0.05, 0) is 55.5 Å². The molecule has 3 N–H and O–H groups in total. The Morgan fingerprint density at radius 3 is 2.50 bits per heavy atom. The molecule has 126 valence electrons. The predicted octanol–water partition coefficient (Wildman–Crippen LogP) is 2.65. The Balaban J connectivity index is 2.03. The third-order valence-corrected chi connectivity index (χ3v) is 4.39. The van der Waals surface area contributed by atoms with Crippen LogP contribution in [0.1, 0.15) is 38.8 Å². The van der Waals surface area contributed by atoms with Crippen LogP contribution in [0.4, 0.5) is 5.00 Å². The lowest BCUT2D eigenvalue weighted by Crippen LogP contribution is -2.30. The van der Waals surface area contributed by atoms with Crippen molar-refractivity contribution in [2.75, 3.05) is 5.32 Å². The fourth-order valence-corrected chi connectivity index (χ4v) is 2.76. The van der Waals surface area contributed by atoms with Gasteiger partial charge in [0.1, 0.15) is 5.00 Å². The number of primary amides is 1. The first kappa shape index (κ1) is 17.7. The van der Waals surface area contributed by atoms with Crippen LogP contribution in [0.25, 0.3) is 0 Å². The molecule has 1 atom stereocenters. The number of thiophene rings is 1. The lowest BCUT2D eigenvalue weighted by Gasteiger charge is -2.14. The molecule has 1 aromatic heterocycles. The van der Waals surface area contributed by atoms with Gasteiger partial charge < -0.3 is 15.8 Å². The van der Waals surface area contributed by atoms with Gasteiger partial charge in [-0.15, -0.1) is 11.3 Å². The average molecular weight is 346 g/mol. The summed E-state index contributed by atoms with van der Waals surface area (Å²) in [5, 5.41) is 4.53. The molecule has 0 aliphatic rings. The van der Waals surface area contributed by atoms with E-state index in [-0.39, 0.29) is 5.56 Å². The van der Waals surface area contributed by atoms with E-state index in [0.29, 0.717) is 10.6 Å². The Kier molecular flexibility index (Phi) is 5.35. The maximum Gasteiger partial charge on any atom is 0.338 e. The van der Waals surface area contributed by atoms with Gasteiger partial charge in [0.15, 0.2) is 6.10 Å². The molecule has 1 aromatic carbocycles. The third-order valence-electron chi connectivity index (χ3n) is 3.56. The highest BCUT2D eigenvalue weighted by Crippen LogP contribution is 2.23. The number of nitrogens with one attached hydrogen (secondary N) is 1. The summed E-state index contributed by atoms with van der Waals surface area (Å²) in [6.45, 7) is 5.30. The summed E-state index contributed by atoms with van der Waals surface area (Å²) < 4.78 is 5.18. The van der Waals surface area contributed by atoms with Crippen molar-refractivity contribution in [3.63, 3.8) is 0 Å². The minimum absolute atomic E-state index is 0.223. The number of rotatable bonds is 5. The van der Waals surface area contributed by atoms with Crippen molar-refractivity contribution in [3.05, 3.63) is 51.9 Å². The second-order valence-electron chi connectivity index (χ2n) is 5.36. The van der Waals surface area contributed by atoms with Crippen molar-refractivity contribution in [2.45, 2.75) is 26.9 Å². The molecule has 7 heteroatoms. The van der Waals surface area contributed by atoms with E-state index in [2.05, 4.69) is 5.32 Å². The molecule has 1 unspecified atom stereocenters. The highest BCUT2D eigenvalue weighted by molar-refractivity contribution is 7.14. The zero-order chi connectivity index (χ0) is 17.9. The molecule has 0 saturated heterocycles. The van der Waals surface area contributed by atoms with Crippen molar-refractivity contribution in [2.24, 2.45) is 5.73 Å². The molecule has 2 amide bonds. The number of aryl methyl sites for hydroxylation is 2. The first-order chi connectivity index (χ1) is 11.3. The molecule has 0 bridgehead atoms. The quantitative estimate of drug-likeness (QED) is 0.813. The van der Waals surface area contributed by atoms with E-state index in [4.69, 9.17) is 10.5 Å². The number of anilines is 1. The summed E-state index contributed by atoms with van der Waals surface area (Å²) in [5.74, 6) is -1.74. The van der Waals surface area contributed by atoms with Crippen LogP contribution in [0.5, 0.6) is 0 Å². The summed E-state index contributed by atoms with van der Waals surface area (Å²) in [5.41, 5.74) is 7.86. The predicted molar refractivity (Wildman–Crippen MR) is 92.3 cm³/mol. The molecule has 0 aliphatic heterocycles. The standard InChI is InChI=1S/C17H18N2O4S/c1-9-4-5-12(8-10(9)2)17(22)23-11(3)15(21)19-16-13(14(18)20)6-7-24-16/h4-8,11H,1-3H3,(H2,18,20)(H,19,21). The fourth-order valence-electron chi connectivity index (χ4n) is 1.96. The monoisotopic (exact) mass is 346 g/mol. The smallest absolute Gasteiger partial charge is 0.338 e. The molecule has 2 aromatic rings. The van der Waals surface area contributed by atoms with Crippen LogP contribution in [0.15, 0.2) is 29.6 Å². The van der Waals surface area contributed by atoms with Gasteiger partial charge in [-0.25, -0.2) is 4.79 Å². The summed E-state index contributed by atoms with van der Waals surface area (Å²) in [7, 11) is 0. The third kappa shape index (κ3) is 3.99. The molecular formula is C17H18N2O4S. The van der Waals surface area contributed by atoms with Gasteiger partial charge in [-0.1, -0.05) is 6.07 Å². The highest BCUT2D eigenvalue weighted by atomic mass is 32.1. The molecule has 0 fully saturated rings. The van der Waals surface area contributed by atoms with Crippen LogP contribution in [0.2, 0.25) is 0 Å². The van der Waals surface area contributed by atoms with Gasteiger partial charge in [-0.2, -0.15) is 0 Å². The lowest BCUT2D eigenvalue weighted by molar-refractivity contribution is -0.123. The van der Waals surface area contributed by atoms with Gasteiger partial charge in [-0.3, -0.25) is 9.59 Å². The molecule has 1 heterocycles. The van der Waals surface area contributed by atoms with Crippen LogP contribution >= 0.6 is 11.3 Å². The van der Waals surface area contributed by atoms with Crippen molar-refractivity contribution in [1.82, 2.24) is 0 Å². The summed E-state index contributed by atoms with van der Waals surface area (Å²) in [6.07, 6.45) is -1.01. The minimum atomic E-state index is -1.01. The topological polar surface area (TPSA) is 98.5 Å². The average Bonchev–Trinajstić information content (AvgIpc) is 2.98. The second-order valence-corrected chi connectivity index (χ2v) is 6.28.